The summed E-state index contributed by atoms with van der Waals surface area (Å²) in [5, 5.41) is 20.6. The smallest absolute Gasteiger partial charge is 0.154 e. The molecule has 7 aromatic heterocycles. The molecule has 2 saturated heterocycles. The number of nitrogens with one attached hydrogen (secondary N) is 1. The summed E-state index contributed by atoms with van der Waals surface area (Å²) in [4.78, 5) is 22.9. The molecule has 16 heteroatoms. The van der Waals surface area contributed by atoms with Crippen LogP contribution in [0.5, 0.6) is 0 Å². The van der Waals surface area contributed by atoms with Crippen molar-refractivity contribution in [2.75, 3.05) is 71.0 Å². The molecule has 2 aliphatic heterocycles. The number of anilines is 2. The number of nitrogens with zero attached hydrogens (tertiary/aromatic N) is 12. The SMILES string of the molecule is Clc1ccc2ncc(-c3cnn(CCCN4CCOCC4)c3)cc2n1.c1cnnc(Nc2ccc3ncc(-c4cnn(CCCN5CCOCC5)c4)cc3n2)c1. The van der Waals surface area contributed by atoms with Gasteiger partial charge in [-0.2, -0.15) is 15.3 Å². The predicted molar refractivity (Wildman–Crippen MR) is 216 cm³/mol. The van der Waals surface area contributed by atoms with Gasteiger partial charge in [-0.3, -0.25) is 29.1 Å². The van der Waals surface area contributed by atoms with Crippen molar-refractivity contribution < 1.29 is 9.47 Å². The molecule has 0 spiro atoms. The number of morpholine rings is 2. The summed E-state index contributed by atoms with van der Waals surface area (Å²) in [6, 6.07) is 15.2. The number of aryl methyl sites for hydroxylation is 2. The Balaban J connectivity index is 0.000000161. The van der Waals surface area contributed by atoms with Crippen LogP contribution in [-0.4, -0.2) is 125 Å². The molecule has 2 aliphatic rings. The Morgan fingerprint density at radius 1 is 0.589 bits per heavy atom. The zero-order valence-corrected chi connectivity index (χ0v) is 31.9. The molecule has 288 valence electrons. The molecule has 2 fully saturated rings. The van der Waals surface area contributed by atoms with E-state index >= 15 is 0 Å². The minimum atomic E-state index is 0.477. The molecular weight excluding hydrogens is 730 g/mol. The van der Waals surface area contributed by atoms with E-state index in [4.69, 9.17) is 21.1 Å². The third kappa shape index (κ3) is 10.0. The highest BCUT2D eigenvalue weighted by atomic mass is 35.5. The van der Waals surface area contributed by atoms with Crippen LogP contribution in [0.25, 0.3) is 44.3 Å². The van der Waals surface area contributed by atoms with Crippen molar-refractivity contribution in [2.24, 2.45) is 0 Å². The Morgan fingerprint density at radius 3 is 1.73 bits per heavy atom. The minimum Gasteiger partial charge on any atom is -0.379 e. The van der Waals surface area contributed by atoms with Gasteiger partial charge in [0.2, 0.25) is 0 Å². The van der Waals surface area contributed by atoms with Gasteiger partial charge in [0.1, 0.15) is 11.0 Å². The molecular formula is C40H44ClN13O2. The lowest BCUT2D eigenvalue weighted by molar-refractivity contribution is 0.0367. The van der Waals surface area contributed by atoms with Gasteiger partial charge in [0, 0.05) is 106 Å². The summed E-state index contributed by atoms with van der Waals surface area (Å²) in [7, 11) is 0. The maximum Gasteiger partial charge on any atom is 0.154 e. The van der Waals surface area contributed by atoms with Gasteiger partial charge in [-0.15, -0.1) is 5.10 Å². The Kier molecular flexibility index (Phi) is 12.4. The van der Waals surface area contributed by atoms with Gasteiger partial charge in [0.05, 0.1) is 60.9 Å². The van der Waals surface area contributed by atoms with Crippen molar-refractivity contribution in [1.82, 2.24) is 59.5 Å². The molecule has 0 bridgehead atoms. The van der Waals surface area contributed by atoms with Gasteiger partial charge in [0.25, 0.3) is 0 Å². The average molecular weight is 774 g/mol. The molecule has 15 nitrogen and oxygen atoms in total. The number of hydrogen-bond donors (Lipinski definition) is 1. The molecule has 9 rings (SSSR count). The van der Waals surface area contributed by atoms with Gasteiger partial charge in [-0.1, -0.05) is 11.6 Å². The number of hydrogen-bond acceptors (Lipinski definition) is 13. The van der Waals surface area contributed by atoms with E-state index in [1.54, 1.807) is 12.3 Å². The number of pyridine rings is 4. The second-order valence-corrected chi connectivity index (χ2v) is 14.1. The predicted octanol–water partition coefficient (Wildman–Crippen LogP) is 5.62. The van der Waals surface area contributed by atoms with Crippen LogP contribution in [-0.2, 0) is 22.6 Å². The van der Waals surface area contributed by atoms with Crippen LogP contribution in [0.1, 0.15) is 12.8 Å². The van der Waals surface area contributed by atoms with Crippen molar-refractivity contribution in [2.45, 2.75) is 25.9 Å². The molecule has 1 N–H and O–H groups in total. The first kappa shape index (κ1) is 37.5. The fourth-order valence-electron chi connectivity index (χ4n) is 6.71. The standard InChI is InChI=1S/C22H24N8O.C18H20ClN5O/c1-3-22(28-24-6-1)27-21-5-4-19-20(26-21)13-17(14-23-19)18-15-25-30(16-18)8-2-7-29-9-11-31-12-10-29;19-18-3-2-16-17(22-18)10-14(11-20-16)15-12-21-24(13-15)5-1-4-23-6-8-25-9-7-23/h1,3-6,13-16H,2,7-12H2,(H,26,27,28);2-3,10-13H,1,4-9H2. The Bertz CT molecular complexity index is 2320. The van der Waals surface area contributed by atoms with Gasteiger partial charge in [0.15, 0.2) is 5.82 Å². The highest BCUT2D eigenvalue weighted by molar-refractivity contribution is 6.29. The van der Waals surface area contributed by atoms with Crippen LogP contribution in [0, 0.1) is 0 Å². The zero-order valence-electron chi connectivity index (χ0n) is 31.1. The highest BCUT2D eigenvalue weighted by Crippen LogP contribution is 2.24. The topological polar surface area (TPSA) is 150 Å². The number of fused-ring (bicyclic) bond motifs is 2. The summed E-state index contributed by atoms with van der Waals surface area (Å²) in [6.45, 7) is 11.4. The summed E-state index contributed by atoms with van der Waals surface area (Å²) in [5.74, 6) is 1.35. The van der Waals surface area contributed by atoms with Gasteiger partial charge in [-0.05, 0) is 61.4 Å². The van der Waals surface area contributed by atoms with E-state index in [1.807, 2.05) is 76.6 Å². The van der Waals surface area contributed by atoms with E-state index in [2.05, 4.69) is 67.8 Å². The molecule has 0 aromatic carbocycles. The lowest BCUT2D eigenvalue weighted by Gasteiger charge is -2.26. The van der Waals surface area contributed by atoms with Crippen molar-refractivity contribution in [1.29, 1.82) is 0 Å². The molecule has 9 heterocycles. The maximum atomic E-state index is 5.98. The van der Waals surface area contributed by atoms with Crippen LogP contribution in [0.15, 0.2) is 91.9 Å². The molecule has 0 radical (unpaired) electrons. The Hall–Kier alpha value is -5.45. The summed E-state index contributed by atoms with van der Waals surface area (Å²) < 4.78 is 14.8. The summed E-state index contributed by atoms with van der Waals surface area (Å²) in [5.41, 5.74) is 7.36. The normalized spacial score (nSPS) is 15.2. The fraction of sp³-hybridized carbons (Fsp3) is 0.350. The molecule has 0 amide bonds. The maximum absolute atomic E-state index is 5.98. The average Bonchev–Trinajstić information content (AvgIpc) is 3.92. The van der Waals surface area contributed by atoms with E-state index in [9.17, 15) is 0 Å². The molecule has 0 atom stereocenters. The minimum absolute atomic E-state index is 0.477. The molecule has 0 saturated carbocycles. The Morgan fingerprint density at radius 2 is 1.16 bits per heavy atom. The molecule has 56 heavy (non-hydrogen) atoms. The van der Waals surface area contributed by atoms with E-state index in [-0.39, 0.29) is 0 Å². The van der Waals surface area contributed by atoms with Crippen LogP contribution in [0.2, 0.25) is 5.15 Å². The van der Waals surface area contributed by atoms with Crippen molar-refractivity contribution in [3.8, 4) is 22.3 Å². The number of rotatable bonds is 12. The fourth-order valence-corrected chi connectivity index (χ4v) is 6.86. The monoisotopic (exact) mass is 773 g/mol. The van der Waals surface area contributed by atoms with Gasteiger partial charge >= 0.3 is 0 Å². The first-order chi connectivity index (χ1) is 27.6. The second-order valence-electron chi connectivity index (χ2n) is 13.7. The second kappa shape index (κ2) is 18.5. The van der Waals surface area contributed by atoms with Crippen LogP contribution < -0.4 is 5.32 Å². The van der Waals surface area contributed by atoms with E-state index in [0.717, 1.165) is 136 Å². The van der Waals surface area contributed by atoms with E-state index < -0.39 is 0 Å². The van der Waals surface area contributed by atoms with Gasteiger partial charge < -0.3 is 14.8 Å². The van der Waals surface area contributed by atoms with E-state index in [1.165, 1.54) is 0 Å². The third-order valence-electron chi connectivity index (χ3n) is 9.73. The van der Waals surface area contributed by atoms with Crippen LogP contribution in [0.4, 0.5) is 11.6 Å². The van der Waals surface area contributed by atoms with Crippen molar-refractivity contribution in [3.05, 3.63) is 97.1 Å². The lowest BCUT2D eigenvalue weighted by atomic mass is 10.1. The summed E-state index contributed by atoms with van der Waals surface area (Å²) >= 11 is 5.98. The number of aromatic nitrogens is 10. The summed E-state index contributed by atoms with van der Waals surface area (Å²) in [6.07, 6.45) is 15.4. The van der Waals surface area contributed by atoms with Crippen molar-refractivity contribution in [3.63, 3.8) is 0 Å². The quantitative estimate of drug-likeness (QED) is 0.153. The number of halogens is 1. The molecule has 7 aromatic rings. The zero-order chi connectivity index (χ0) is 37.9. The molecule has 0 aliphatic carbocycles. The number of ether oxygens (including phenoxy) is 2. The van der Waals surface area contributed by atoms with Crippen molar-refractivity contribution >= 4 is 45.3 Å². The van der Waals surface area contributed by atoms with E-state index in [0.29, 0.717) is 16.8 Å². The third-order valence-corrected chi connectivity index (χ3v) is 9.94. The Labute approximate surface area is 329 Å². The highest BCUT2D eigenvalue weighted by Gasteiger charge is 2.12. The lowest BCUT2D eigenvalue weighted by Crippen LogP contribution is -2.37. The van der Waals surface area contributed by atoms with Crippen LogP contribution in [0.3, 0.4) is 0 Å². The first-order valence-corrected chi connectivity index (χ1v) is 19.4. The largest absolute Gasteiger partial charge is 0.379 e. The van der Waals surface area contributed by atoms with Gasteiger partial charge in [-0.25, -0.2) is 9.97 Å². The molecule has 0 unspecified atom stereocenters. The first-order valence-electron chi connectivity index (χ1n) is 19.0. The van der Waals surface area contributed by atoms with Crippen LogP contribution >= 0.6 is 11.6 Å².